The Labute approximate surface area is 102 Å². The second kappa shape index (κ2) is 4.00. The van der Waals surface area contributed by atoms with Crippen molar-refractivity contribution >= 4 is 5.69 Å². The lowest BCUT2D eigenvalue weighted by Gasteiger charge is -2.35. The SMILES string of the molecule is NCC1(O)CCC2CC1CN2c1ccccc1. The standard InChI is InChI=1S/C14H20N2O/c15-10-14(17)7-6-13-8-11(14)9-16(13)12-4-2-1-3-5-12/h1-5,11,13,17H,6-10,15H2. The van der Waals surface area contributed by atoms with E-state index in [4.69, 9.17) is 5.73 Å². The van der Waals surface area contributed by atoms with Crippen LogP contribution in [0.25, 0.3) is 0 Å². The lowest BCUT2D eigenvalue weighted by atomic mass is 9.76. The molecule has 1 aromatic rings. The molecule has 3 N–H and O–H groups in total. The lowest BCUT2D eigenvalue weighted by molar-refractivity contribution is -0.0246. The number of hydrogen-bond donors (Lipinski definition) is 2. The van der Waals surface area contributed by atoms with Crippen molar-refractivity contribution in [2.75, 3.05) is 18.0 Å². The molecule has 3 nitrogen and oxygen atoms in total. The fourth-order valence-electron chi connectivity index (χ4n) is 3.40. The third-order valence-electron chi connectivity index (χ3n) is 4.53. The highest BCUT2D eigenvalue weighted by Gasteiger charge is 2.48. The van der Waals surface area contributed by atoms with Gasteiger partial charge in [-0.1, -0.05) is 18.2 Å². The summed E-state index contributed by atoms with van der Waals surface area (Å²) in [6, 6.07) is 11.1. The van der Waals surface area contributed by atoms with Gasteiger partial charge in [0.25, 0.3) is 0 Å². The molecular weight excluding hydrogens is 212 g/mol. The van der Waals surface area contributed by atoms with Gasteiger partial charge < -0.3 is 15.7 Å². The van der Waals surface area contributed by atoms with Gasteiger partial charge in [0.1, 0.15) is 0 Å². The highest BCUT2D eigenvalue weighted by Crippen LogP contribution is 2.43. The molecule has 1 heterocycles. The third kappa shape index (κ3) is 1.74. The largest absolute Gasteiger partial charge is 0.388 e. The molecule has 1 aliphatic heterocycles. The molecule has 1 aliphatic carbocycles. The van der Waals surface area contributed by atoms with Crippen molar-refractivity contribution in [1.82, 2.24) is 0 Å². The average molecular weight is 232 g/mol. The third-order valence-corrected chi connectivity index (χ3v) is 4.53. The van der Waals surface area contributed by atoms with Crippen LogP contribution in [-0.2, 0) is 0 Å². The summed E-state index contributed by atoms with van der Waals surface area (Å²) in [6.45, 7) is 1.34. The monoisotopic (exact) mass is 232 g/mol. The summed E-state index contributed by atoms with van der Waals surface area (Å²) in [4.78, 5) is 2.44. The van der Waals surface area contributed by atoms with Gasteiger partial charge in [-0.05, 0) is 31.4 Å². The minimum atomic E-state index is -0.625. The maximum absolute atomic E-state index is 10.5. The maximum Gasteiger partial charge on any atom is 0.0815 e. The van der Waals surface area contributed by atoms with Crippen LogP contribution in [0.5, 0.6) is 0 Å². The number of aliphatic hydroxyl groups is 1. The highest BCUT2D eigenvalue weighted by atomic mass is 16.3. The first-order valence-electron chi connectivity index (χ1n) is 6.47. The zero-order chi connectivity index (χ0) is 11.9. The number of benzene rings is 1. The smallest absolute Gasteiger partial charge is 0.0815 e. The molecular formula is C14H20N2O. The average Bonchev–Trinajstić information content (AvgIpc) is 2.76. The number of anilines is 1. The Balaban J connectivity index is 1.84. The minimum absolute atomic E-state index is 0.339. The Morgan fingerprint density at radius 3 is 2.82 bits per heavy atom. The van der Waals surface area contributed by atoms with Gasteiger partial charge in [0.15, 0.2) is 0 Å². The summed E-state index contributed by atoms with van der Waals surface area (Å²) in [5, 5.41) is 10.5. The second-order valence-electron chi connectivity index (χ2n) is 5.42. The predicted molar refractivity (Wildman–Crippen MR) is 68.9 cm³/mol. The molecule has 3 heteroatoms. The van der Waals surface area contributed by atoms with E-state index in [9.17, 15) is 5.11 Å². The van der Waals surface area contributed by atoms with Crippen molar-refractivity contribution < 1.29 is 5.11 Å². The fraction of sp³-hybridized carbons (Fsp3) is 0.571. The Morgan fingerprint density at radius 1 is 1.35 bits per heavy atom. The van der Waals surface area contributed by atoms with Crippen LogP contribution in [0.15, 0.2) is 30.3 Å². The van der Waals surface area contributed by atoms with Crippen molar-refractivity contribution in [3.05, 3.63) is 30.3 Å². The molecule has 0 radical (unpaired) electrons. The van der Waals surface area contributed by atoms with Crippen LogP contribution in [0.1, 0.15) is 19.3 Å². The van der Waals surface area contributed by atoms with E-state index in [-0.39, 0.29) is 0 Å². The van der Waals surface area contributed by atoms with Crippen LogP contribution < -0.4 is 10.6 Å². The molecule has 0 aromatic heterocycles. The van der Waals surface area contributed by atoms with Crippen LogP contribution in [0.2, 0.25) is 0 Å². The van der Waals surface area contributed by atoms with Crippen LogP contribution >= 0.6 is 0 Å². The summed E-state index contributed by atoms with van der Waals surface area (Å²) in [6.07, 6.45) is 2.99. The summed E-state index contributed by atoms with van der Waals surface area (Å²) in [7, 11) is 0. The molecule has 2 aliphatic rings. The van der Waals surface area contributed by atoms with Gasteiger partial charge in [0.2, 0.25) is 0 Å². The Kier molecular flexibility index (Phi) is 2.60. The van der Waals surface area contributed by atoms with Crippen molar-refractivity contribution in [2.45, 2.75) is 30.9 Å². The maximum atomic E-state index is 10.5. The van der Waals surface area contributed by atoms with Gasteiger partial charge in [-0.3, -0.25) is 0 Å². The number of nitrogens with two attached hydrogens (primary N) is 1. The molecule has 1 saturated heterocycles. The zero-order valence-corrected chi connectivity index (χ0v) is 10.0. The first-order valence-corrected chi connectivity index (χ1v) is 6.47. The molecule has 0 amide bonds. The molecule has 92 valence electrons. The van der Waals surface area contributed by atoms with E-state index in [1.807, 2.05) is 6.07 Å². The highest BCUT2D eigenvalue weighted by molar-refractivity contribution is 5.49. The Hall–Kier alpha value is -1.06. The normalized spacial score (nSPS) is 36.2. The number of rotatable bonds is 2. The Bertz CT molecular complexity index is 394. The van der Waals surface area contributed by atoms with Gasteiger partial charge in [0.05, 0.1) is 5.60 Å². The molecule has 2 fully saturated rings. The van der Waals surface area contributed by atoms with E-state index in [0.29, 0.717) is 18.5 Å². The Morgan fingerprint density at radius 2 is 2.12 bits per heavy atom. The van der Waals surface area contributed by atoms with Crippen molar-refractivity contribution in [3.63, 3.8) is 0 Å². The molecule has 3 unspecified atom stereocenters. The summed E-state index contributed by atoms with van der Waals surface area (Å²) >= 11 is 0. The number of nitrogens with zero attached hydrogens (tertiary/aromatic N) is 1. The number of hydrogen-bond acceptors (Lipinski definition) is 3. The summed E-state index contributed by atoms with van der Waals surface area (Å²) < 4.78 is 0. The summed E-state index contributed by atoms with van der Waals surface area (Å²) in [5.74, 6) is 0.339. The van der Waals surface area contributed by atoms with Gasteiger partial charge in [-0.15, -0.1) is 0 Å². The lowest BCUT2D eigenvalue weighted by Crippen LogP contribution is -2.47. The van der Waals surface area contributed by atoms with Crippen molar-refractivity contribution in [2.24, 2.45) is 11.7 Å². The molecule has 3 rings (SSSR count). The molecule has 1 aromatic carbocycles. The van der Waals surface area contributed by atoms with Gasteiger partial charge in [-0.25, -0.2) is 0 Å². The molecule has 1 saturated carbocycles. The molecule has 17 heavy (non-hydrogen) atoms. The van der Waals surface area contributed by atoms with Crippen LogP contribution in [-0.4, -0.2) is 29.8 Å². The van der Waals surface area contributed by atoms with Crippen LogP contribution in [0, 0.1) is 5.92 Å². The zero-order valence-electron chi connectivity index (χ0n) is 10.0. The van der Waals surface area contributed by atoms with Crippen molar-refractivity contribution in [3.8, 4) is 0 Å². The van der Waals surface area contributed by atoms with E-state index in [0.717, 1.165) is 25.8 Å². The number of para-hydroxylation sites is 1. The van der Waals surface area contributed by atoms with Crippen molar-refractivity contribution in [1.29, 1.82) is 0 Å². The van der Waals surface area contributed by atoms with E-state index >= 15 is 0 Å². The summed E-state index contributed by atoms with van der Waals surface area (Å²) in [5.41, 5.74) is 6.39. The van der Waals surface area contributed by atoms with Crippen LogP contribution in [0.3, 0.4) is 0 Å². The quantitative estimate of drug-likeness (QED) is 0.809. The van der Waals surface area contributed by atoms with Crippen LogP contribution in [0.4, 0.5) is 5.69 Å². The van der Waals surface area contributed by atoms with E-state index in [1.54, 1.807) is 0 Å². The predicted octanol–water partition coefficient (Wildman–Crippen LogP) is 1.37. The first kappa shape index (κ1) is 11.1. The molecule has 0 spiro atoms. The fourth-order valence-corrected chi connectivity index (χ4v) is 3.40. The molecule has 3 atom stereocenters. The van der Waals surface area contributed by atoms with Gasteiger partial charge in [0, 0.05) is 30.7 Å². The molecule has 2 bridgehead atoms. The topological polar surface area (TPSA) is 49.5 Å². The van der Waals surface area contributed by atoms with Gasteiger partial charge >= 0.3 is 0 Å². The van der Waals surface area contributed by atoms with E-state index < -0.39 is 5.60 Å². The first-order chi connectivity index (χ1) is 8.23. The second-order valence-corrected chi connectivity index (χ2v) is 5.42. The van der Waals surface area contributed by atoms with E-state index in [1.165, 1.54) is 5.69 Å². The van der Waals surface area contributed by atoms with Gasteiger partial charge in [-0.2, -0.15) is 0 Å². The minimum Gasteiger partial charge on any atom is -0.388 e. The van der Waals surface area contributed by atoms with E-state index in [2.05, 4.69) is 29.2 Å². The number of fused-ring (bicyclic) bond motifs is 2.